The Hall–Kier alpha value is -3.30. The van der Waals surface area contributed by atoms with Gasteiger partial charge in [-0.25, -0.2) is 9.78 Å². The number of morpholine rings is 1. The number of rotatable bonds is 9. The predicted molar refractivity (Wildman–Crippen MR) is 158 cm³/mol. The Morgan fingerprint density at radius 3 is 2.41 bits per heavy atom. The quantitative estimate of drug-likeness (QED) is 0.262. The number of amides is 2. The number of para-hydroxylation sites is 2. The molecule has 0 aliphatic carbocycles. The van der Waals surface area contributed by atoms with Gasteiger partial charge < -0.3 is 25.1 Å². The van der Waals surface area contributed by atoms with Gasteiger partial charge in [0, 0.05) is 26.2 Å². The summed E-state index contributed by atoms with van der Waals surface area (Å²) in [6, 6.07) is 23.5. The Bertz CT molecular complexity index is 1290. The Balaban J connectivity index is 0.00000210. The monoisotopic (exact) mass is 571 g/mol. The van der Waals surface area contributed by atoms with E-state index in [0.717, 1.165) is 66.6 Å². The summed E-state index contributed by atoms with van der Waals surface area (Å²) in [5.74, 6) is 1.52. The summed E-state index contributed by atoms with van der Waals surface area (Å²) in [7, 11) is 1.65. The topological polar surface area (TPSA) is 91.5 Å². The van der Waals surface area contributed by atoms with Gasteiger partial charge in [0.05, 0.1) is 37.4 Å². The van der Waals surface area contributed by atoms with Gasteiger partial charge in [0.2, 0.25) is 0 Å². The number of imidazole rings is 1. The number of carbonyl (C=O) groups is 1. The first-order chi connectivity index (χ1) is 18.2. The molecule has 1 atom stereocenters. The number of methoxy groups -OCH3 is 1. The van der Waals surface area contributed by atoms with Crippen LogP contribution in [-0.2, 0) is 24.2 Å². The number of urea groups is 1. The Kier molecular flexibility index (Phi) is 11.4. The van der Waals surface area contributed by atoms with Crippen LogP contribution in [0.3, 0.4) is 0 Å². The van der Waals surface area contributed by atoms with Crippen molar-refractivity contribution in [3.63, 3.8) is 0 Å². The van der Waals surface area contributed by atoms with E-state index in [9.17, 15) is 4.79 Å². The van der Waals surface area contributed by atoms with Gasteiger partial charge in [-0.05, 0) is 47.4 Å². The molecule has 1 aromatic heterocycles. The van der Waals surface area contributed by atoms with Crippen molar-refractivity contribution in [3.05, 3.63) is 95.3 Å². The number of hydrogen-bond acceptors (Lipinski definition) is 5. The lowest BCUT2D eigenvalue weighted by Gasteiger charge is -2.27. The molecule has 5 rings (SSSR count). The largest absolute Gasteiger partial charge is 0.497 e. The summed E-state index contributed by atoms with van der Waals surface area (Å²) in [4.78, 5) is 23.6. The van der Waals surface area contributed by atoms with E-state index >= 15 is 0 Å². The molecule has 39 heavy (non-hydrogen) atoms. The zero-order valence-corrected chi connectivity index (χ0v) is 23.5. The molecule has 8 nitrogen and oxygen atoms in total. The van der Waals surface area contributed by atoms with Crippen LogP contribution in [-0.4, -0.2) is 54.3 Å². The van der Waals surface area contributed by atoms with Crippen LogP contribution in [0, 0.1) is 0 Å². The molecule has 3 aromatic carbocycles. The SMILES string of the molecule is COc1ccc(C[C@@H](NC(=O)NCc2ccccc2CN2CCOCC2)c2nc3ccccc3[nH]2)cc1.Cl.Cl. The second kappa shape index (κ2) is 14.7. The van der Waals surface area contributed by atoms with Gasteiger partial charge in [-0.3, -0.25) is 4.90 Å². The molecule has 2 heterocycles. The molecule has 4 aromatic rings. The van der Waals surface area contributed by atoms with Crippen molar-refractivity contribution in [3.8, 4) is 5.75 Å². The van der Waals surface area contributed by atoms with Gasteiger partial charge in [-0.1, -0.05) is 48.5 Å². The molecule has 0 unspecified atom stereocenters. The standard InChI is InChI=1S/C29H33N5O3.2ClH/c1-36-24-12-10-21(11-13-24)18-27(28-31-25-8-4-5-9-26(25)32-28)33-29(35)30-19-22-6-2-3-7-23(22)20-34-14-16-37-17-15-34;;/h2-13,27H,14-20H2,1H3,(H,31,32)(H2,30,33,35);2*1H/t27-;;/m1../s1. The summed E-state index contributed by atoms with van der Waals surface area (Å²) in [5, 5.41) is 6.20. The second-order valence-corrected chi connectivity index (χ2v) is 9.23. The van der Waals surface area contributed by atoms with Crippen molar-refractivity contribution in [1.82, 2.24) is 25.5 Å². The highest BCUT2D eigenvalue weighted by Crippen LogP contribution is 2.21. The number of halogens is 2. The highest BCUT2D eigenvalue weighted by molar-refractivity contribution is 5.85. The van der Waals surface area contributed by atoms with E-state index in [2.05, 4.69) is 32.7 Å². The highest BCUT2D eigenvalue weighted by Gasteiger charge is 2.20. The minimum atomic E-state index is -0.329. The lowest BCUT2D eigenvalue weighted by Crippen LogP contribution is -2.39. The molecule has 0 bridgehead atoms. The van der Waals surface area contributed by atoms with E-state index < -0.39 is 0 Å². The van der Waals surface area contributed by atoms with Crippen molar-refractivity contribution < 1.29 is 14.3 Å². The molecule has 0 spiro atoms. The minimum absolute atomic E-state index is 0. The lowest BCUT2D eigenvalue weighted by molar-refractivity contribution is 0.0341. The number of nitrogens with one attached hydrogen (secondary N) is 3. The van der Waals surface area contributed by atoms with Crippen molar-refractivity contribution in [2.45, 2.75) is 25.6 Å². The molecule has 1 aliphatic heterocycles. The van der Waals surface area contributed by atoms with Crippen LogP contribution in [0.1, 0.15) is 28.6 Å². The number of ether oxygens (including phenoxy) is 2. The molecule has 208 valence electrons. The molecule has 0 saturated carbocycles. The van der Waals surface area contributed by atoms with Crippen LogP contribution < -0.4 is 15.4 Å². The van der Waals surface area contributed by atoms with Gasteiger partial charge in [0.25, 0.3) is 0 Å². The van der Waals surface area contributed by atoms with E-state index in [1.54, 1.807) is 7.11 Å². The third-order valence-corrected chi connectivity index (χ3v) is 6.70. The first-order valence-corrected chi connectivity index (χ1v) is 12.7. The minimum Gasteiger partial charge on any atom is -0.497 e. The van der Waals surface area contributed by atoms with Gasteiger partial charge in [-0.2, -0.15) is 0 Å². The average molecular weight is 573 g/mol. The maximum Gasteiger partial charge on any atom is 0.315 e. The molecule has 1 aliphatic rings. The molecular formula is C29H35Cl2N5O3. The number of aromatic nitrogens is 2. The van der Waals surface area contributed by atoms with Crippen molar-refractivity contribution >= 4 is 41.9 Å². The van der Waals surface area contributed by atoms with E-state index in [1.165, 1.54) is 5.56 Å². The fourth-order valence-electron chi connectivity index (χ4n) is 4.62. The highest BCUT2D eigenvalue weighted by atomic mass is 35.5. The fraction of sp³-hybridized carbons (Fsp3) is 0.310. The summed E-state index contributed by atoms with van der Waals surface area (Å²) in [6.07, 6.45) is 0.588. The third kappa shape index (κ3) is 8.10. The number of hydrogen-bond donors (Lipinski definition) is 3. The summed E-state index contributed by atoms with van der Waals surface area (Å²) in [6.45, 7) is 4.67. The molecule has 2 amide bonds. The second-order valence-electron chi connectivity index (χ2n) is 9.23. The van der Waals surface area contributed by atoms with Gasteiger partial charge in [-0.15, -0.1) is 24.8 Å². The lowest BCUT2D eigenvalue weighted by atomic mass is 10.1. The van der Waals surface area contributed by atoms with Crippen LogP contribution >= 0.6 is 24.8 Å². The number of aromatic amines is 1. The van der Waals surface area contributed by atoms with Crippen LogP contribution in [0.4, 0.5) is 4.79 Å². The maximum atomic E-state index is 13.1. The van der Waals surface area contributed by atoms with Crippen molar-refractivity contribution in [2.75, 3.05) is 33.4 Å². The van der Waals surface area contributed by atoms with Gasteiger partial charge in [0.1, 0.15) is 11.6 Å². The van der Waals surface area contributed by atoms with E-state index in [0.29, 0.717) is 13.0 Å². The van der Waals surface area contributed by atoms with Gasteiger partial charge in [0.15, 0.2) is 0 Å². The van der Waals surface area contributed by atoms with Crippen LogP contribution in [0.2, 0.25) is 0 Å². The Labute approximate surface area is 241 Å². The van der Waals surface area contributed by atoms with Crippen molar-refractivity contribution in [1.29, 1.82) is 0 Å². The molecule has 10 heteroatoms. The van der Waals surface area contributed by atoms with E-state index in [-0.39, 0.29) is 36.9 Å². The Morgan fingerprint density at radius 1 is 1.00 bits per heavy atom. The molecule has 3 N–H and O–H groups in total. The van der Waals surface area contributed by atoms with E-state index in [4.69, 9.17) is 14.5 Å². The number of carbonyl (C=O) groups excluding carboxylic acids is 1. The fourth-order valence-corrected chi connectivity index (χ4v) is 4.62. The van der Waals surface area contributed by atoms with E-state index in [1.807, 2.05) is 60.7 Å². The molecule has 1 fully saturated rings. The zero-order chi connectivity index (χ0) is 25.5. The van der Waals surface area contributed by atoms with Crippen LogP contribution in [0.15, 0.2) is 72.8 Å². The maximum absolute atomic E-state index is 13.1. The smallest absolute Gasteiger partial charge is 0.315 e. The van der Waals surface area contributed by atoms with Crippen LogP contribution in [0.25, 0.3) is 11.0 Å². The summed E-state index contributed by atoms with van der Waals surface area (Å²) < 4.78 is 10.8. The summed E-state index contributed by atoms with van der Waals surface area (Å²) in [5.41, 5.74) is 5.21. The first kappa shape index (κ1) is 30.2. The average Bonchev–Trinajstić information content (AvgIpc) is 3.38. The molecular weight excluding hydrogens is 537 g/mol. The normalized spacial score (nSPS) is 14.1. The number of fused-ring (bicyclic) bond motifs is 1. The third-order valence-electron chi connectivity index (χ3n) is 6.70. The molecule has 0 radical (unpaired) electrons. The first-order valence-electron chi connectivity index (χ1n) is 12.7. The number of H-pyrrole nitrogens is 1. The van der Waals surface area contributed by atoms with Crippen molar-refractivity contribution in [2.24, 2.45) is 0 Å². The zero-order valence-electron chi connectivity index (χ0n) is 21.9. The number of nitrogens with zero attached hydrogens (tertiary/aromatic N) is 2. The predicted octanol–water partition coefficient (Wildman–Crippen LogP) is 5.03. The number of benzene rings is 3. The molecule has 1 saturated heterocycles. The van der Waals surface area contributed by atoms with Gasteiger partial charge >= 0.3 is 6.03 Å². The van der Waals surface area contributed by atoms with Crippen LogP contribution in [0.5, 0.6) is 5.75 Å². The summed E-state index contributed by atoms with van der Waals surface area (Å²) >= 11 is 0. The Morgan fingerprint density at radius 2 is 1.69 bits per heavy atom.